The lowest BCUT2D eigenvalue weighted by atomic mass is 9.99. The highest BCUT2D eigenvalue weighted by molar-refractivity contribution is 9.10. The molecule has 1 heterocycles. The molecule has 18 heavy (non-hydrogen) atoms. The van der Waals surface area contributed by atoms with Gasteiger partial charge in [-0.3, -0.25) is 4.79 Å². The van der Waals surface area contributed by atoms with Crippen molar-refractivity contribution in [3.63, 3.8) is 0 Å². The van der Waals surface area contributed by atoms with Crippen molar-refractivity contribution in [3.8, 4) is 5.69 Å². The standard InChI is InChI=1S/C12H12BrN3O2/c13-10-6-8(9(7-14)12(17)18)2-3-11(10)16-5-1-4-15-16/h1-6,9H,7,14H2,(H,17,18). The number of aromatic nitrogens is 2. The monoisotopic (exact) mass is 309 g/mol. The maximum Gasteiger partial charge on any atom is 0.312 e. The average Bonchev–Trinajstić information content (AvgIpc) is 2.83. The molecule has 1 unspecified atom stereocenters. The lowest BCUT2D eigenvalue weighted by molar-refractivity contribution is -0.138. The maximum atomic E-state index is 11.0. The number of benzene rings is 1. The van der Waals surface area contributed by atoms with Gasteiger partial charge >= 0.3 is 5.97 Å². The topological polar surface area (TPSA) is 81.1 Å². The predicted molar refractivity (Wildman–Crippen MR) is 70.7 cm³/mol. The summed E-state index contributed by atoms with van der Waals surface area (Å²) in [5, 5.41) is 13.2. The summed E-state index contributed by atoms with van der Waals surface area (Å²) in [6, 6.07) is 7.16. The molecule has 2 aromatic rings. The highest BCUT2D eigenvalue weighted by Gasteiger charge is 2.18. The van der Waals surface area contributed by atoms with Gasteiger partial charge in [-0.15, -0.1) is 0 Å². The van der Waals surface area contributed by atoms with Crippen LogP contribution in [-0.2, 0) is 4.79 Å². The minimum atomic E-state index is -0.920. The molecule has 0 saturated carbocycles. The molecule has 0 aliphatic heterocycles. The number of hydrogen-bond acceptors (Lipinski definition) is 3. The zero-order valence-electron chi connectivity index (χ0n) is 9.45. The number of nitrogens with zero attached hydrogens (tertiary/aromatic N) is 2. The summed E-state index contributed by atoms with van der Waals surface area (Å²) in [5.41, 5.74) is 7.00. The molecular weight excluding hydrogens is 298 g/mol. The van der Waals surface area contributed by atoms with Crippen molar-refractivity contribution >= 4 is 21.9 Å². The molecule has 0 radical (unpaired) electrons. The quantitative estimate of drug-likeness (QED) is 0.901. The smallest absolute Gasteiger partial charge is 0.312 e. The Balaban J connectivity index is 2.39. The molecule has 0 fully saturated rings. The first kappa shape index (κ1) is 12.8. The number of nitrogens with two attached hydrogens (primary N) is 1. The number of carboxylic acid groups (broad SMARTS) is 1. The van der Waals surface area contributed by atoms with Crippen molar-refractivity contribution in [1.82, 2.24) is 9.78 Å². The number of rotatable bonds is 4. The first-order valence-electron chi connectivity index (χ1n) is 5.36. The summed E-state index contributed by atoms with van der Waals surface area (Å²) in [5.74, 6) is -1.61. The Hall–Kier alpha value is -1.66. The molecular formula is C12H12BrN3O2. The number of halogens is 1. The molecule has 1 atom stereocenters. The first-order chi connectivity index (χ1) is 8.63. The highest BCUT2D eigenvalue weighted by atomic mass is 79.9. The molecule has 94 valence electrons. The van der Waals surface area contributed by atoms with Gasteiger partial charge in [0.1, 0.15) is 0 Å². The van der Waals surface area contributed by atoms with Crippen LogP contribution in [-0.4, -0.2) is 27.4 Å². The average molecular weight is 310 g/mol. The normalized spacial score (nSPS) is 12.3. The van der Waals surface area contributed by atoms with Crippen LogP contribution in [0.2, 0.25) is 0 Å². The third-order valence-electron chi connectivity index (χ3n) is 2.66. The van der Waals surface area contributed by atoms with Crippen LogP contribution < -0.4 is 5.73 Å². The van der Waals surface area contributed by atoms with E-state index in [9.17, 15) is 4.79 Å². The van der Waals surface area contributed by atoms with E-state index < -0.39 is 11.9 Å². The van der Waals surface area contributed by atoms with Crippen molar-refractivity contribution in [2.75, 3.05) is 6.54 Å². The van der Waals surface area contributed by atoms with Gasteiger partial charge in [-0.25, -0.2) is 4.68 Å². The fraction of sp³-hybridized carbons (Fsp3) is 0.167. The fourth-order valence-corrected chi connectivity index (χ4v) is 2.29. The molecule has 5 nitrogen and oxygen atoms in total. The Bertz CT molecular complexity index is 554. The second-order valence-electron chi connectivity index (χ2n) is 3.79. The fourth-order valence-electron chi connectivity index (χ4n) is 1.72. The second kappa shape index (κ2) is 5.32. The van der Waals surface area contributed by atoms with Crippen LogP contribution in [0.1, 0.15) is 11.5 Å². The van der Waals surface area contributed by atoms with Gasteiger partial charge in [0.25, 0.3) is 0 Å². The van der Waals surface area contributed by atoms with E-state index in [1.807, 2.05) is 18.3 Å². The molecule has 3 N–H and O–H groups in total. The van der Waals surface area contributed by atoms with E-state index in [1.54, 1.807) is 23.0 Å². The Morgan fingerprint density at radius 1 is 1.56 bits per heavy atom. The van der Waals surface area contributed by atoms with Crippen molar-refractivity contribution < 1.29 is 9.90 Å². The van der Waals surface area contributed by atoms with E-state index in [0.717, 1.165) is 10.2 Å². The number of carboxylic acids is 1. The molecule has 2 rings (SSSR count). The van der Waals surface area contributed by atoms with Crippen LogP contribution in [0.5, 0.6) is 0 Å². The lowest BCUT2D eigenvalue weighted by Crippen LogP contribution is -2.21. The molecule has 0 bridgehead atoms. The van der Waals surface area contributed by atoms with Crippen molar-refractivity contribution in [3.05, 3.63) is 46.7 Å². The zero-order valence-corrected chi connectivity index (χ0v) is 11.0. The Morgan fingerprint density at radius 2 is 2.33 bits per heavy atom. The molecule has 1 aromatic heterocycles. The van der Waals surface area contributed by atoms with Gasteiger partial charge < -0.3 is 10.8 Å². The van der Waals surface area contributed by atoms with E-state index in [2.05, 4.69) is 21.0 Å². The summed E-state index contributed by atoms with van der Waals surface area (Å²) < 4.78 is 2.48. The predicted octanol–water partition coefficient (Wildman–Crippen LogP) is 1.76. The van der Waals surface area contributed by atoms with Gasteiger partial charge in [-0.1, -0.05) is 6.07 Å². The van der Waals surface area contributed by atoms with Crippen molar-refractivity contribution in [2.24, 2.45) is 5.73 Å². The summed E-state index contributed by atoms with van der Waals surface area (Å²) in [6.07, 6.45) is 3.50. The number of aliphatic carboxylic acids is 1. The van der Waals surface area contributed by atoms with Crippen LogP contribution in [0.25, 0.3) is 5.69 Å². The minimum Gasteiger partial charge on any atom is -0.481 e. The summed E-state index contributed by atoms with van der Waals surface area (Å²) in [7, 11) is 0. The molecule has 0 aliphatic carbocycles. The zero-order chi connectivity index (χ0) is 13.1. The Kier molecular flexibility index (Phi) is 3.78. The highest BCUT2D eigenvalue weighted by Crippen LogP contribution is 2.25. The van der Waals surface area contributed by atoms with Gasteiger partial charge in [0.05, 0.1) is 11.6 Å². The Labute approximate surface area is 112 Å². The molecule has 0 saturated heterocycles. The van der Waals surface area contributed by atoms with Crippen LogP contribution in [0.4, 0.5) is 0 Å². The van der Waals surface area contributed by atoms with Crippen molar-refractivity contribution in [1.29, 1.82) is 0 Å². The summed E-state index contributed by atoms with van der Waals surface area (Å²) >= 11 is 3.42. The second-order valence-corrected chi connectivity index (χ2v) is 4.64. The summed E-state index contributed by atoms with van der Waals surface area (Å²) in [6.45, 7) is 0.0723. The van der Waals surface area contributed by atoms with Crippen LogP contribution in [0, 0.1) is 0 Å². The van der Waals surface area contributed by atoms with Crippen molar-refractivity contribution in [2.45, 2.75) is 5.92 Å². The number of carbonyl (C=O) groups is 1. The van der Waals surface area contributed by atoms with Crippen LogP contribution in [0.3, 0.4) is 0 Å². The Morgan fingerprint density at radius 3 is 2.83 bits per heavy atom. The minimum absolute atomic E-state index is 0.0723. The van der Waals surface area contributed by atoms with E-state index in [1.165, 1.54) is 0 Å². The third-order valence-corrected chi connectivity index (χ3v) is 3.29. The van der Waals surface area contributed by atoms with Crippen LogP contribution >= 0.6 is 15.9 Å². The summed E-state index contributed by atoms with van der Waals surface area (Å²) in [4.78, 5) is 11.0. The first-order valence-corrected chi connectivity index (χ1v) is 6.15. The van der Waals surface area contributed by atoms with Gasteiger partial charge in [-0.05, 0) is 39.7 Å². The van der Waals surface area contributed by atoms with E-state index >= 15 is 0 Å². The maximum absolute atomic E-state index is 11.0. The van der Waals surface area contributed by atoms with Gasteiger partial charge in [0.15, 0.2) is 0 Å². The largest absolute Gasteiger partial charge is 0.481 e. The molecule has 0 amide bonds. The van der Waals surface area contributed by atoms with Gasteiger partial charge in [0, 0.05) is 23.4 Å². The molecule has 1 aromatic carbocycles. The molecule has 6 heteroatoms. The van der Waals surface area contributed by atoms with E-state index in [-0.39, 0.29) is 6.54 Å². The van der Waals surface area contributed by atoms with Crippen LogP contribution in [0.15, 0.2) is 41.1 Å². The lowest BCUT2D eigenvalue weighted by Gasteiger charge is -2.12. The molecule has 0 aliphatic rings. The van der Waals surface area contributed by atoms with E-state index in [0.29, 0.717) is 5.56 Å². The van der Waals surface area contributed by atoms with E-state index in [4.69, 9.17) is 10.8 Å². The van der Waals surface area contributed by atoms with Gasteiger partial charge in [0.2, 0.25) is 0 Å². The third kappa shape index (κ3) is 2.44. The SMILES string of the molecule is NCC(C(=O)O)c1ccc(-n2cccn2)c(Br)c1. The molecule has 0 spiro atoms. The number of hydrogen-bond donors (Lipinski definition) is 2. The van der Waals surface area contributed by atoms with Gasteiger partial charge in [-0.2, -0.15) is 5.10 Å².